The van der Waals surface area contributed by atoms with Crippen LogP contribution in [-0.2, 0) is 0 Å². The van der Waals surface area contributed by atoms with Crippen LogP contribution in [0.4, 0.5) is 10.1 Å². The number of nitrogens with one attached hydrogen (secondary N) is 1. The largest absolute Gasteiger partial charge is 0.384 e. The van der Waals surface area contributed by atoms with Crippen LogP contribution in [0, 0.1) is 11.2 Å². The second-order valence-corrected chi connectivity index (χ2v) is 4.93. The number of hydrogen-bond donors (Lipinski definition) is 1. The minimum absolute atomic E-state index is 0.180. The number of carbonyl (C=O) groups excluding carboxylic acids is 1. The molecule has 0 bridgehead atoms. The van der Waals surface area contributed by atoms with Crippen molar-refractivity contribution in [3.05, 3.63) is 29.6 Å². The third-order valence-corrected chi connectivity index (χ3v) is 3.73. The predicted molar refractivity (Wildman–Crippen MR) is 66.9 cm³/mol. The van der Waals surface area contributed by atoms with Gasteiger partial charge in [0.05, 0.1) is 5.56 Å². The molecule has 1 aromatic carbocycles. The summed E-state index contributed by atoms with van der Waals surface area (Å²) in [4.78, 5) is 11.4. The van der Waals surface area contributed by atoms with Gasteiger partial charge in [-0.05, 0) is 43.7 Å². The number of carbonyl (C=O) groups is 1. The molecule has 0 radical (unpaired) electrons. The average molecular weight is 235 g/mol. The Morgan fingerprint density at radius 2 is 2.18 bits per heavy atom. The minimum atomic E-state index is -0.441. The van der Waals surface area contributed by atoms with E-state index in [1.165, 1.54) is 25.8 Å². The van der Waals surface area contributed by atoms with Gasteiger partial charge in [0.2, 0.25) is 0 Å². The number of halogens is 1. The first-order valence-corrected chi connectivity index (χ1v) is 6.11. The first kappa shape index (κ1) is 12.1. The third kappa shape index (κ3) is 2.48. The molecule has 92 valence electrons. The number of hydrogen-bond acceptors (Lipinski definition) is 2. The predicted octanol–water partition coefficient (Wildman–Crippen LogP) is 3.63. The van der Waals surface area contributed by atoms with Crippen molar-refractivity contribution in [2.24, 2.45) is 5.41 Å². The molecule has 0 unspecified atom stereocenters. The van der Waals surface area contributed by atoms with Crippen molar-refractivity contribution in [1.29, 1.82) is 0 Å². The molecule has 1 aliphatic carbocycles. The molecular weight excluding hydrogens is 217 g/mol. The molecule has 0 atom stereocenters. The molecule has 1 saturated carbocycles. The summed E-state index contributed by atoms with van der Waals surface area (Å²) in [6.07, 6.45) is 3.58. The van der Waals surface area contributed by atoms with Crippen LogP contribution in [0.25, 0.3) is 0 Å². The minimum Gasteiger partial charge on any atom is -0.384 e. The molecule has 1 aromatic rings. The quantitative estimate of drug-likeness (QED) is 0.789. The number of benzene rings is 1. The number of rotatable bonds is 5. The van der Waals surface area contributed by atoms with Crippen LogP contribution in [-0.4, -0.2) is 12.3 Å². The van der Waals surface area contributed by atoms with Crippen molar-refractivity contribution in [1.82, 2.24) is 0 Å². The van der Waals surface area contributed by atoms with E-state index in [0.717, 1.165) is 13.0 Å². The van der Waals surface area contributed by atoms with E-state index in [2.05, 4.69) is 12.2 Å². The molecule has 0 aliphatic heterocycles. The Hall–Kier alpha value is -1.38. The van der Waals surface area contributed by atoms with Gasteiger partial charge in [-0.25, -0.2) is 4.39 Å². The van der Waals surface area contributed by atoms with Crippen molar-refractivity contribution in [3.8, 4) is 0 Å². The zero-order valence-corrected chi connectivity index (χ0v) is 10.3. The van der Waals surface area contributed by atoms with Gasteiger partial charge in [-0.3, -0.25) is 4.79 Å². The van der Waals surface area contributed by atoms with Gasteiger partial charge < -0.3 is 5.32 Å². The highest BCUT2D eigenvalue weighted by Crippen LogP contribution is 2.48. The fourth-order valence-electron chi connectivity index (χ4n) is 2.14. The summed E-state index contributed by atoms with van der Waals surface area (Å²) in [5.41, 5.74) is 1.18. The standard InChI is InChI=1S/C14H18FNO/c1-3-14(7-8-14)9-16-12-6-4-5-11(15)13(12)10(2)17/h4-6,16H,3,7-9H2,1-2H3. The van der Waals surface area contributed by atoms with E-state index in [-0.39, 0.29) is 11.3 Å². The summed E-state index contributed by atoms with van der Waals surface area (Å²) >= 11 is 0. The van der Waals surface area contributed by atoms with Crippen molar-refractivity contribution in [2.75, 3.05) is 11.9 Å². The zero-order valence-electron chi connectivity index (χ0n) is 10.3. The lowest BCUT2D eigenvalue weighted by molar-refractivity contribution is 0.101. The van der Waals surface area contributed by atoms with Crippen LogP contribution in [0.5, 0.6) is 0 Å². The molecule has 3 heteroatoms. The molecule has 0 spiro atoms. The van der Waals surface area contributed by atoms with Crippen LogP contribution in [0.15, 0.2) is 18.2 Å². The van der Waals surface area contributed by atoms with Crippen molar-refractivity contribution in [2.45, 2.75) is 33.1 Å². The van der Waals surface area contributed by atoms with Crippen molar-refractivity contribution in [3.63, 3.8) is 0 Å². The topological polar surface area (TPSA) is 29.1 Å². The SMILES string of the molecule is CCC1(CNc2cccc(F)c2C(C)=O)CC1. The van der Waals surface area contributed by atoms with Gasteiger partial charge in [0.25, 0.3) is 0 Å². The van der Waals surface area contributed by atoms with Gasteiger partial charge in [0, 0.05) is 12.2 Å². The summed E-state index contributed by atoms with van der Waals surface area (Å²) in [6, 6.07) is 4.73. The van der Waals surface area contributed by atoms with E-state index in [1.54, 1.807) is 12.1 Å². The number of ketones is 1. The average Bonchev–Trinajstić information content (AvgIpc) is 3.06. The Bertz CT molecular complexity index is 438. The van der Waals surface area contributed by atoms with Gasteiger partial charge >= 0.3 is 0 Å². The normalized spacial score (nSPS) is 16.6. The summed E-state index contributed by atoms with van der Waals surface area (Å²) in [5, 5.41) is 3.23. The molecule has 0 saturated heterocycles. The van der Waals surface area contributed by atoms with E-state index >= 15 is 0 Å². The Morgan fingerprint density at radius 3 is 2.71 bits per heavy atom. The molecule has 1 N–H and O–H groups in total. The Balaban J connectivity index is 2.15. The van der Waals surface area contributed by atoms with E-state index in [1.807, 2.05) is 0 Å². The Morgan fingerprint density at radius 1 is 1.47 bits per heavy atom. The number of Topliss-reactive ketones (excluding diaryl/α,β-unsaturated/α-hetero) is 1. The Kier molecular flexibility index (Phi) is 3.18. The highest BCUT2D eigenvalue weighted by atomic mass is 19.1. The first-order valence-electron chi connectivity index (χ1n) is 6.11. The van der Waals surface area contributed by atoms with Crippen LogP contribution in [0.3, 0.4) is 0 Å². The molecule has 1 fully saturated rings. The lowest BCUT2D eigenvalue weighted by Crippen LogP contribution is -2.16. The van der Waals surface area contributed by atoms with Gasteiger partial charge in [0.1, 0.15) is 5.82 Å². The van der Waals surface area contributed by atoms with E-state index in [0.29, 0.717) is 11.1 Å². The van der Waals surface area contributed by atoms with Gasteiger partial charge in [0.15, 0.2) is 5.78 Å². The highest BCUT2D eigenvalue weighted by molar-refractivity contribution is 5.99. The molecule has 1 aliphatic rings. The second kappa shape index (κ2) is 4.47. The number of anilines is 1. The Labute approximate surface area is 101 Å². The summed E-state index contributed by atoms with van der Waals surface area (Å²) < 4.78 is 13.6. The zero-order chi connectivity index (χ0) is 12.5. The maximum absolute atomic E-state index is 13.6. The lowest BCUT2D eigenvalue weighted by atomic mass is 10.0. The van der Waals surface area contributed by atoms with E-state index < -0.39 is 5.82 Å². The van der Waals surface area contributed by atoms with E-state index in [9.17, 15) is 9.18 Å². The molecule has 2 rings (SSSR count). The van der Waals surface area contributed by atoms with E-state index in [4.69, 9.17) is 0 Å². The maximum Gasteiger partial charge on any atom is 0.164 e. The van der Waals surface area contributed by atoms with Gasteiger partial charge in [-0.2, -0.15) is 0 Å². The highest BCUT2D eigenvalue weighted by Gasteiger charge is 2.40. The van der Waals surface area contributed by atoms with Crippen molar-refractivity contribution < 1.29 is 9.18 Å². The van der Waals surface area contributed by atoms with Gasteiger partial charge in [-0.15, -0.1) is 0 Å². The monoisotopic (exact) mass is 235 g/mol. The van der Waals surface area contributed by atoms with Crippen LogP contribution in [0.2, 0.25) is 0 Å². The fraction of sp³-hybridized carbons (Fsp3) is 0.500. The van der Waals surface area contributed by atoms with Crippen LogP contribution < -0.4 is 5.32 Å². The first-order chi connectivity index (χ1) is 8.08. The lowest BCUT2D eigenvalue weighted by Gasteiger charge is -2.16. The molecular formula is C14H18FNO. The van der Waals surface area contributed by atoms with Crippen molar-refractivity contribution >= 4 is 11.5 Å². The summed E-state index contributed by atoms with van der Waals surface area (Å²) in [7, 11) is 0. The van der Waals surface area contributed by atoms with Crippen LogP contribution >= 0.6 is 0 Å². The van der Waals surface area contributed by atoms with Crippen LogP contribution in [0.1, 0.15) is 43.5 Å². The molecule has 0 heterocycles. The molecule has 0 aromatic heterocycles. The molecule has 0 amide bonds. The van der Waals surface area contributed by atoms with Gasteiger partial charge in [-0.1, -0.05) is 13.0 Å². The summed E-state index contributed by atoms with van der Waals surface area (Å²) in [5.74, 6) is -0.671. The maximum atomic E-state index is 13.6. The smallest absolute Gasteiger partial charge is 0.164 e. The molecule has 2 nitrogen and oxygen atoms in total. The second-order valence-electron chi connectivity index (χ2n) is 4.93. The molecule has 17 heavy (non-hydrogen) atoms. The summed E-state index contributed by atoms with van der Waals surface area (Å²) in [6.45, 7) is 4.40. The fourth-order valence-corrected chi connectivity index (χ4v) is 2.14. The third-order valence-electron chi connectivity index (χ3n) is 3.73.